The van der Waals surface area contributed by atoms with E-state index in [1.807, 2.05) is 0 Å². The number of nitrogens with two attached hydrogens (primary N) is 1. The minimum absolute atomic E-state index is 0.0302. The molecule has 1 saturated heterocycles. The fourth-order valence-electron chi connectivity index (χ4n) is 2.43. The summed E-state index contributed by atoms with van der Waals surface area (Å²) in [7, 11) is 0. The highest BCUT2D eigenvalue weighted by Gasteiger charge is 2.25. The van der Waals surface area contributed by atoms with Crippen LogP contribution in [0.4, 0.5) is 14.5 Å². The second-order valence-electron chi connectivity index (χ2n) is 5.12. The molecule has 0 saturated carbocycles. The molecule has 0 radical (unpaired) electrons. The third-order valence-electron chi connectivity index (χ3n) is 3.50. The van der Waals surface area contributed by atoms with E-state index in [-0.39, 0.29) is 18.4 Å². The maximum atomic E-state index is 13.4. The van der Waals surface area contributed by atoms with Crippen LogP contribution < -0.4 is 11.1 Å². The average Bonchev–Trinajstić information content (AvgIpc) is 2.43. The molecular formula is C14H17F2N3O2. The lowest BCUT2D eigenvalue weighted by molar-refractivity contribution is -0.125. The van der Waals surface area contributed by atoms with Crippen LogP contribution in [0.15, 0.2) is 18.2 Å². The number of halogens is 2. The number of carbonyl (C=O) groups excluding carboxylic acids is 2. The molecule has 2 rings (SSSR count). The normalized spacial score (nSPS) is 19.2. The number of piperidine rings is 1. The first kappa shape index (κ1) is 15.4. The van der Waals surface area contributed by atoms with Crippen molar-refractivity contribution in [3.8, 4) is 0 Å². The number of benzene rings is 1. The van der Waals surface area contributed by atoms with Crippen LogP contribution in [-0.4, -0.2) is 36.3 Å². The van der Waals surface area contributed by atoms with E-state index in [9.17, 15) is 18.4 Å². The SMILES string of the molecule is NC(=O)C1CCCN(CC(=O)Nc2c(F)cccc2F)C1. The summed E-state index contributed by atoms with van der Waals surface area (Å²) in [6.07, 6.45) is 1.46. The molecule has 1 aromatic rings. The van der Waals surface area contributed by atoms with E-state index in [0.29, 0.717) is 19.5 Å². The third kappa shape index (κ3) is 3.98. The summed E-state index contributed by atoms with van der Waals surface area (Å²) in [5, 5.41) is 2.22. The number of hydrogen-bond acceptors (Lipinski definition) is 3. The lowest BCUT2D eigenvalue weighted by atomic mass is 9.97. The van der Waals surface area contributed by atoms with Crippen molar-refractivity contribution in [1.82, 2.24) is 4.90 Å². The van der Waals surface area contributed by atoms with Gasteiger partial charge in [0.25, 0.3) is 0 Å². The summed E-state index contributed by atoms with van der Waals surface area (Å²) >= 11 is 0. The molecule has 1 aliphatic rings. The minimum Gasteiger partial charge on any atom is -0.369 e. The van der Waals surface area contributed by atoms with Crippen LogP contribution in [0.2, 0.25) is 0 Å². The molecule has 114 valence electrons. The number of nitrogens with zero attached hydrogens (tertiary/aromatic N) is 1. The first-order valence-corrected chi connectivity index (χ1v) is 6.73. The van der Waals surface area contributed by atoms with Gasteiger partial charge >= 0.3 is 0 Å². The molecule has 21 heavy (non-hydrogen) atoms. The fraction of sp³-hybridized carbons (Fsp3) is 0.429. The summed E-state index contributed by atoms with van der Waals surface area (Å²) in [5.74, 6) is -2.84. The van der Waals surface area contributed by atoms with Gasteiger partial charge in [-0.05, 0) is 31.5 Å². The van der Waals surface area contributed by atoms with E-state index < -0.39 is 23.2 Å². The Bertz CT molecular complexity index is 531. The Kier molecular flexibility index (Phi) is 4.85. The minimum atomic E-state index is -0.822. The van der Waals surface area contributed by atoms with Crippen molar-refractivity contribution in [3.63, 3.8) is 0 Å². The average molecular weight is 297 g/mol. The zero-order valence-corrected chi connectivity index (χ0v) is 11.4. The molecule has 1 fully saturated rings. The van der Waals surface area contributed by atoms with E-state index in [1.54, 1.807) is 4.90 Å². The highest BCUT2D eigenvalue weighted by atomic mass is 19.1. The highest BCUT2D eigenvalue weighted by Crippen LogP contribution is 2.19. The quantitative estimate of drug-likeness (QED) is 0.874. The number of para-hydroxylation sites is 1. The molecule has 1 aliphatic heterocycles. The Balaban J connectivity index is 1.94. The third-order valence-corrected chi connectivity index (χ3v) is 3.50. The summed E-state index contributed by atoms with van der Waals surface area (Å²) in [6.45, 7) is 1.01. The van der Waals surface area contributed by atoms with Gasteiger partial charge in [-0.15, -0.1) is 0 Å². The molecule has 3 N–H and O–H groups in total. The summed E-state index contributed by atoms with van der Waals surface area (Å²) in [6, 6.07) is 3.37. The number of carbonyl (C=O) groups is 2. The van der Waals surface area contributed by atoms with Crippen LogP contribution in [0.1, 0.15) is 12.8 Å². The zero-order valence-electron chi connectivity index (χ0n) is 11.4. The lowest BCUT2D eigenvalue weighted by Crippen LogP contribution is -2.44. The molecule has 0 aliphatic carbocycles. The van der Waals surface area contributed by atoms with E-state index in [0.717, 1.165) is 18.6 Å². The Morgan fingerprint density at radius 2 is 2.00 bits per heavy atom. The van der Waals surface area contributed by atoms with E-state index in [2.05, 4.69) is 5.32 Å². The van der Waals surface area contributed by atoms with Crippen molar-refractivity contribution < 1.29 is 18.4 Å². The maximum Gasteiger partial charge on any atom is 0.238 e. The monoisotopic (exact) mass is 297 g/mol. The number of primary amides is 1. The predicted molar refractivity (Wildman–Crippen MR) is 73.3 cm³/mol. The van der Waals surface area contributed by atoms with E-state index in [1.165, 1.54) is 6.07 Å². The van der Waals surface area contributed by atoms with Gasteiger partial charge < -0.3 is 11.1 Å². The van der Waals surface area contributed by atoms with Gasteiger partial charge in [0.2, 0.25) is 11.8 Å². The first-order chi connectivity index (χ1) is 9.97. The molecular weight excluding hydrogens is 280 g/mol. The number of hydrogen-bond donors (Lipinski definition) is 2. The lowest BCUT2D eigenvalue weighted by Gasteiger charge is -2.30. The summed E-state index contributed by atoms with van der Waals surface area (Å²) in [4.78, 5) is 24.8. The predicted octanol–water partition coefficient (Wildman–Crippen LogP) is 1.10. The molecule has 7 heteroatoms. The number of anilines is 1. The molecule has 0 spiro atoms. The van der Waals surface area contributed by atoms with Gasteiger partial charge in [-0.2, -0.15) is 0 Å². The topological polar surface area (TPSA) is 75.4 Å². The molecule has 1 unspecified atom stereocenters. The second-order valence-corrected chi connectivity index (χ2v) is 5.12. The number of likely N-dealkylation sites (tertiary alicyclic amines) is 1. The van der Waals surface area contributed by atoms with Crippen LogP contribution in [0.5, 0.6) is 0 Å². The molecule has 5 nitrogen and oxygen atoms in total. The van der Waals surface area contributed by atoms with Crippen molar-refractivity contribution in [2.24, 2.45) is 11.7 Å². The largest absolute Gasteiger partial charge is 0.369 e. The van der Waals surface area contributed by atoms with Crippen molar-refractivity contribution in [3.05, 3.63) is 29.8 Å². The first-order valence-electron chi connectivity index (χ1n) is 6.73. The van der Waals surface area contributed by atoms with Gasteiger partial charge in [-0.25, -0.2) is 8.78 Å². The number of rotatable bonds is 4. The van der Waals surface area contributed by atoms with Crippen molar-refractivity contribution >= 4 is 17.5 Å². The van der Waals surface area contributed by atoms with Crippen LogP contribution in [0.3, 0.4) is 0 Å². The smallest absolute Gasteiger partial charge is 0.238 e. The van der Waals surface area contributed by atoms with Gasteiger partial charge in [-0.1, -0.05) is 6.07 Å². The Morgan fingerprint density at radius 3 is 2.62 bits per heavy atom. The van der Waals surface area contributed by atoms with Crippen LogP contribution >= 0.6 is 0 Å². The molecule has 1 aromatic carbocycles. The molecule has 0 aromatic heterocycles. The van der Waals surface area contributed by atoms with Crippen molar-refractivity contribution in [2.45, 2.75) is 12.8 Å². The van der Waals surface area contributed by atoms with Gasteiger partial charge in [0.15, 0.2) is 0 Å². The number of nitrogens with one attached hydrogen (secondary N) is 1. The molecule has 0 bridgehead atoms. The van der Waals surface area contributed by atoms with Gasteiger partial charge in [0.1, 0.15) is 17.3 Å². The fourth-order valence-corrected chi connectivity index (χ4v) is 2.43. The van der Waals surface area contributed by atoms with Gasteiger partial charge in [0, 0.05) is 6.54 Å². The van der Waals surface area contributed by atoms with Crippen LogP contribution in [-0.2, 0) is 9.59 Å². The van der Waals surface area contributed by atoms with Crippen LogP contribution in [0, 0.1) is 17.6 Å². The van der Waals surface area contributed by atoms with Crippen LogP contribution in [0.25, 0.3) is 0 Å². The molecule has 2 amide bonds. The number of amides is 2. The maximum absolute atomic E-state index is 13.4. The van der Waals surface area contributed by atoms with E-state index in [4.69, 9.17) is 5.73 Å². The Labute approximate surface area is 121 Å². The van der Waals surface area contributed by atoms with Gasteiger partial charge in [-0.3, -0.25) is 14.5 Å². The molecule has 1 heterocycles. The Hall–Kier alpha value is -2.02. The van der Waals surface area contributed by atoms with E-state index >= 15 is 0 Å². The standard InChI is InChI=1S/C14H17F2N3O2/c15-10-4-1-5-11(16)13(10)18-12(20)8-19-6-2-3-9(7-19)14(17)21/h1,4-5,9H,2-3,6-8H2,(H2,17,21)(H,18,20). The van der Waals surface area contributed by atoms with Crippen molar-refractivity contribution in [2.75, 3.05) is 25.0 Å². The second kappa shape index (κ2) is 6.62. The van der Waals surface area contributed by atoms with Gasteiger partial charge in [0.05, 0.1) is 12.5 Å². The zero-order chi connectivity index (χ0) is 15.4. The Morgan fingerprint density at radius 1 is 1.33 bits per heavy atom. The molecule has 1 atom stereocenters. The van der Waals surface area contributed by atoms with Crippen molar-refractivity contribution in [1.29, 1.82) is 0 Å². The highest BCUT2D eigenvalue weighted by molar-refractivity contribution is 5.92. The summed E-state index contributed by atoms with van der Waals surface area (Å²) < 4.78 is 26.9. The summed E-state index contributed by atoms with van der Waals surface area (Å²) in [5.41, 5.74) is 4.81.